The number of benzene rings is 1. The number of H-pyrrole nitrogens is 1. The van der Waals surface area contributed by atoms with Crippen LogP contribution in [0.4, 0.5) is 11.4 Å². The average Bonchev–Trinajstić information content (AvgIpc) is 2.86. The van der Waals surface area contributed by atoms with Gasteiger partial charge in [0.05, 0.1) is 0 Å². The number of fused-ring (bicyclic) bond motifs is 1. The summed E-state index contributed by atoms with van der Waals surface area (Å²) in [5.41, 5.74) is 2.72. The van der Waals surface area contributed by atoms with Crippen LogP contribution in [0.5, 0.6) is 0 Å². The van der Waals surface area contributed by atoms with Crippen molar-refractivity contribution >= 4 is 17.3 Å². The van der Waals surface area contributed by atoms with Gasteiger partial charge in [-0.15, -0.1) is 0 Å². The second-order valence-corrected chi connectivity index (χ2v) is 4.42. The molecular formula is C14H13N3O2. The van der Waals surface area contributed by atoms with Crippen molar-refractivity contribution in [3.63, 3.8) is 0 Å². The van der Waals surface area contributed by atoms with Gasteiger partial charge < -0.3 is 15.6 Å². The van der Waals surface area contributed by atoms with Crippen molar-refractivity contribution in [1.82, 2.24) is 4.98 Å². The summed E-state index contributed by atoms with van der Waals surface area (Å²) in [6, 6.07) is 8.83. The fraction of sp³-hybridized carbons (Fsp3) is 0.143. The fourth-order valence-corrected chi connectivity index (χ4v) is 2.18. The maximum absolute atomic E-state index is 12.0. The van der Waals surface area contributed by atoms with Crippen molar-refractivity contribution in [2.45, 2.75) is 6.42 Å². The monoisotopic (exact) mass is 255 g/mol. The first kappa shape index (κ1) is 11.5. The van der Waals surface area contributed by atoms with Crippen LogP contribution in [0, 0.1) is 0 Å². The highest BCUT2D eigenvalue weighted by Crippen LogP contribution is 2.25. The Morgan fingerprint density at radius 2 is 2.16 bits per heavy atom. The molecule has 0 fully saturated rings. The zero-order valence-corrected chi connectivity index (χ0v) is 10.2. The van der Waals surface area contributed by atoms with Crippen LogP contribution in [-0.2, 0) is 6.42 Å². The van der Waals surface area contributed by atoms with E-state index in [0.29, 0.717) is 5.69 Å². The molecule has 3 rings (SSSR count). The van der Waals surface area contributed by atoms with Gasteiger partial charge in [-0.05, 0) is 42.3 Å². The Labute approximate surface area is 109 Å². The Bertz CT molecular complexity index is 691. The second-order valence-electron chi connectivity index (χ2n) is 4.42. The molecule has 1 aromatic heterocycles. The molecule has 0 unspecified atom stereocenters. The molecule has 1 amide bonds. The van der Waals surface area contributed by atoms with E-state index < -0.39 is 5.91 Å². The number of pyridine rings is 1. The quantitative estimate of drug-likeness (QED) is 0.763. The predicted molar refractivity (Wildman–Crippen MR) is 73.7 cm³/mol. The maximum Gasteiger partial charge on any atom is 0.261 e. The highest BCUT2D eigenvalue weighted by Gasteiger charge is 2.13. The third-order valence-corrected chi connectivity index (χ3v) is 3.14. The summed E-state index contributed by atoms with van der Waals surface area (Å²) in [7, 11) is 0. The minimum atomic E-state index is -0.396. The van der Waals surface area contributed by atoms with Gasteiger partial charge in [0.1, 0.15) is 5.56 Å². The van der Waals surface area contributed by atoms with Crippen molar-refractivity contribution in [2.24, 2.45) is 0 Å². The van der Waals surface area contributed by atoms with Crippen molar-refractivity contribution in [3.05, 3.63) is 58.0 Å². The highest BCUT2D eigenvalue weighted by atomic mass is 16.2. The van der Waals surface area contributed by atoms with Crippen LogP contribution in [0.25, 0.3) is 0 Å². The van der Waals surface area contributed by atoms with Crippen LogP contribution in [0.1, 0.15) is 15.9 Å². The largest absolute Gasteiger partial charge is 0.384 e. The summed E-state index contributed by atoms with van der Waals surface area (Å²) in [6.45, 7) is 0.922. The Kier molecular flexibility index (Phi) is 2.79. The summed E-state index contributed by atoms with van der Waals surface area (Å²) in [5.74, 6) is -0.396. The van der Waals surface area contributed by atoms with Crippen molar-refractivity contribution in [2.75, 3.05) is 17.2 Å². The van der Waals surface area contributed by atoms with Crippen molar-refractivity contribution in [1.29, 1.82) is 0 Å². The zero-order valence-electron chi connectivity index (χ0n) is 10.2. The summed E-state index contributed by atoms with van der Waals surface area (Å²) < 4.78 is 0. The van der Waals surface area contributed by atoms with Gasteiger partial charge in [-0.3, -0.25) is 9.59 Å². The number of hydrogen-bond acceptors (Lipinski definition) is 3. The number of aromatic amines is 1. The van der Waals surface area contributed by atoms with E-state index in [0.717, 1.165) is 18.7 Å². The van der Waals surface area contributed by atoms with E-state index in [1.807, 2.05) is 18.2 Å². The number of nitrogens with one attached hydrogen (secondary N) is 3. The molecule has 96 valence electrons. The molecule has 3 N–H and O–H groups in total. The van der Waals surface area contributed by atoms with Crippen LogP contribution in [0.15, 0.2) is 41.3 Å². The van der Waals surface area contributed by atoms with E-state index in [1.54, 1.807) is 6.07 Å². The Hall–Kier alpha value is -2.56. The van der Waals surface area contributed by atoms with E-state index in [-0.39, 0.29) is 11.1 Å². The molecule has 2 heterocycles. The molecule has 0 spiro atoms. The van der Waals surface area contributed by atoms with Gasteiger partial charge in [-0.25, -0.2) is 0 Å². The Morgan fingerprint density at radius 1 is 1.26 bits per heavy atom. The molecule has 0 saturated carbocycles. The topological polar surface area (TPSA) is 74.0 Å². The van der Waals surface area contributed by atoms with Crippen LogP contribution >= 0.6 is 0 Å². The van der Waals surface area contributed by atoms with Crippen LogP contribution in [-0.4, -0.2) is 17.4 Å². The molecule has 0 radical (unpaired) electrons. The first-order valence-corrected chi connectivity index (χ1v) is 6.10. The summed E-state index contributed by atoms with van der Waals surface area (Å²) in [5, 5.41) is 6.00. The van der Waals surface area contributed by atoms with Gasteiger partial charge >= 0.3 is 0 Å². The summed E-state index contributed by atoms with van der Waals surface area (Å²) in [4.78, 5) is 26.0. The van der Waals surface area contributed by atoms with E-state index in [4.69, 9.17) is 0 Å². The molecule has 5 nitrogen and oxygen atoms in total. The molecule has 0 aliphatic carbocycles. The minimum Gasteiger partial charge on any atom is -0.384 e. The molecule has 19 heavy (non-hydrogen) atoms. The van der Waals surface area contributed by atoms with Gasteiger partial charge in [-0.1, -0.05) is 0 Å². The molecule has 5 heteroatoms. The lowest BCUT2D eigenvalue weighted by molar-refractivity contribution is 0.102. The average molecular weight is 255 g/mol. The molecule has 0 bridgehead atoms. The number of rotatable bonds is 2. The SMILES string of the molecule is O=C(Nc1ccc2c(c1)CCN2)c1ccc[nH]c1=O. The number of carbonyl (C=O) groups is 1. The van der Waals surface area contributed by atoms with Crippen molar-refractivity contribution in [3.8, 4) is 0 Å². The second kappa shape index (κ2) is 4.61. The minimum absolute atomic E-state index is 0.112. The molecule has 1 aliphatic heterocycles. The number of carbonyl (C=O) groups excluding carboxylic acids is 1. The van der Waals surface area contributed by atoms with E-state index in [2.05, 4.69) is 15.6 Å². The van der Waals surface area contributed by atoms with Gasteiger partial charge in [-0.2, -0.15) is 0 Å². The smallest absolute Gasteiger partial charge is 0.261 e. The van der Waals surface area contributed by atoms with E-state index >= 15 is 0 Å². The van der Waals surface area contributed by atoms with Crippen molar-refractivity contribution < 1.29 is 4.79 Å². The number of amides is 1. The van der Waals surface area contributed by atoms with Gasteiger partial charge in [0.25, 0.3) is 11.5 Å². The lowest BCUT2D eigenvalue weighted by Gasteiger charge is -2.06. The number of hydrogen-bond donors (Lipinski definition) is 3. The molecule has 1 aliphatic rings. The van der Waals surface area contributed by atoms with Crippen LogP contribution in [0.3, 0.4) is 0 Å². The summed E-state index contributed by atoms with van der Waals surface area (Å²) >= 11 is 0. The highest BCUT2D eigenvalue weighted by molar-refractivity contribution is 6.04. The lowest BCUT2D eigenvalue weighted by atomic mass is 10.1. The molecule has 1 aromatic carbocycles. The molecule has 2 aromatic rings. The van der Waals surface area contributed by atoms with Gasteiger partial charge in [0.2, 0.25) is 0 Å². The lowest BCUT2D eigenvalue weighted by Crippen LogP contribution is -2.22. The standard InChI is InChI=1S/C14H13N3O2/c18-13-11(2-1-6-16-13)14(19)17-10-3-4-12-9(8-10)5-7-15-12/h1-4,6,8,15H,5,7H2,(H,16,18)(H,17,19). The van der Waals surface area contributed by atoms with Crippen LogP contribution < -0.4 is 16.2 Å². The van der Waals surface area contributed by atoms with Gasteiger partial charge in [0.15, 0.2) is 0 Å². The number of anilines is 2. The predicted octanol–water partition coefficient (Wildman–Crippen LogP) is 1.60. The third-order valence-electron chi connectivity index (χ3n) is 3.14. The first-order chi connectivity index (χ1) is 9.24. The Balaban J connectivity index is 1.84. The van der Waals surface area contributed by atoms with Gasteiger partial charge in [0, 0.05) is 24.1 Å². The zero-order chi connectivity index (χ0) is 13.2. The maximum atomic E-state index is 12.0. The first-order valence-electron chi connectivity index (χ1n) is 6.10. The molecule has 0 atom stereocenters. The summed E-state index contributed by atoms with van der Waals surface area (Å²) in [6.07, 6.45) is 2.45. The fourth-order valence-electron chi connectivity index (χ4n) is 2.18. The Morgan fingerprint density at radius 3 is 3.00 bits per heavy atom. The van der Waals surface area contributed by atoms with E-state index in [9.17, 15) is 9.59 Å². The third kappa shape index (κ3) is 2.22. The number of aromatic nitrogens is 1. The normalized spacial score (nSPS) is 12.6. The van der Waals surface area contributed by atoms with E-state index in [1.165, 1.54) is 17.8 Å². The van der Waals surface area contributed by atoms with Crippen LogP contribution in [0.2, 0.25) is 0 Å². The molecular weight excluding hydrogens is 242 g/mol. The molecule has 0 saturated heterocycles.